The summed E-state index contributed by atoms with van der Waals surface area (Å²) < 4.78 is 39.4. The Kier molecular flexibility index (Phi) is 4.11. The van der Waals surface area contributed by atoms with E-state index < -0.39 is 12.8 Å². The molecule has 16 heavy (non-hydrogen) atoms. The van der Waals surface area contributed by atoms with Gasteiger partial charge in [-0.05, 0) is 0 Å². The molecule has 1 fully saturated rings. The molecule has 2 amide bonds. The van der Waals surface area contributed by atoms with Gasteiger partial charge >= 0.3 is 6.18 Å². The summed E-state index contributed by atoms with van der Waals surface area (Å²) in [6.07, 6.45) is -4.37. The molecule has 92 valence electrons. The molecule has 1 saturated heterocycles. The largest absolute Gasteiger partial charge is 0.411 e. The van der Waals surface area contributed by atoms with Crippen molar-refractivity contribution >= 4 is 11.8 Å². The van der Waals surface area contributed by atoms with Crippen LogP contribution in [-0.2, 0) is 14.3 Å². The van der Waals surface area contributed by atoms with Gasteiger partial charge in [0.15, 0.2) is 0 Å². The first kappa shape index (κ1) is 12.8. The van der Waals surface area contributed by atoms with Gasteiger partial charge in [0.2, 0.25) is 11.8 Å². The third kappa shape index (κ3) is 4.47. The molecule has 1 aliphatic rings. The van der Waals surface area contributed by atoms with E-state index in [-0.39, 0.29) is 38.1 Å². The Hall–Kier alpha value is -1.31. The molecule has 1 heterocycles. The third-order valence-corrected chi connectivity index (χ3v) is 1.90. The molecule has 0 aromatic heterocycles. The Balaban J connectivity index is 2.21. The second kappa shape index (κ2) is 5.15. The minimum Gasteiger partial charge on any atom is -0.370 e. The van der Waals surface area contributed by atoms with Gasteiger partial charge in [0.1, 0.15) is 6.61 Å². The second-order valence-electron chi connectivity index (χ2n) is 3.26. The zero-order chi connectivity index (χ0) is 12.2. The first-order valence-electron chi connectivity index (χ1n) is 4.57. The zero-order valence-corrected chi connectivity index (χ0v) is 8.34. The summed E-state index contributed by atoms with van der Waals surface area (Å²) in [5.74, 6) is -0.648. The highest BCUT2D eigenvalue weighted by atomic mass is 19.4. The maximum Gasteiger partial charge on any atom is 0.411 e. The fourth-order valence-corrected chi connectivity index (χ4v) is 1.17. The quantitative estimate of drug-likeness (QED) is 0.675. The van der Waals surface area contributed by atoms with E-state index in [1.807, 2.05) is 0 Å². The molecule has 0 spiro atoms. The number of carbonyl (C=O) groups is 2. The van der Waals surface area contributed by atoms with E-state index in [4.69, 9.17) is 0 Å². The van der Waals surface area contributed by atoms with Crippen LogP contribution in [-0.4, -0.2) is 55.7 Å². The van der Waals surface area contributed by atoms with Crippen LogP contribution < -0.4 is 5.32 Å². The monoisotopic (exact) mass is 240 g/mol. The molecular formula is C8H11F3N2O3. The van der Waals surface area contributed by atoms with Crippen molar-refractivity contribution in [3.05, 3.63) is 0 Å². The van der Waals surface area contributed by atoms with Crippen molar-refractivity contribution in [3.63, 3.8) is 0 Å². The van der Waals surface area contributed by atoms with E-state index in [1.165, 1.54) is 0 Å². The van der Waals surface area contributed by atoms with E-state index >= 15 is 0 Å². The minimum atomic E-state index is -4.37. The highest BCUT2D eigenvalue weighted by molar-refractivity contribution is 5.92. The SMILES string of the molecule is O=C1CN(CCOCC(F)(F)F)C(=O)CN1. The van der Waals surface area contributed by atoms with E-state index in [9.17, 15) is 22.8 Å². The van der Waals surface area contributed by atoms with Crippen LogP contribution in [0.2, 0.25) is 0 Å². The lowest BCUT2D eigenvalue weighted by atomic mass is 10.3. The summed E-state index contributed by atoms with van der Waals surface area (Å²) >= 11 is 0. The predicted octanol–water partition coefficient (Wildman–Crippen LogP) is -0.476. The maximum absolute atomic E-state index is 11.7. The topological polar surface area (TPSA) is 58.6 Å². The highest BCUT2D eigenvalue weighted by Crippen LogP contribution is 2.14. The Morgan fingerprint density at radius 1 is 1.38 bits per heavy atom. The van der Waals surface area contributed by atoms with Crippen LogP contribution >= 0.6 is 0 Å². The third-order valence-electron chi connectivity index (χ3n) is 1.90. The maximum atomic E-state index is 11.7. The van der Waals surface area contributed by atoms with Crippen LogP contribution in [0.5, 0.6) is 0 Å². The van der Waals surface area contributed by atoms with Crippen LogP contribution in [0.4, 0.5) is 13.2 Å². The Labute approximate surface area is 89.5 Å². The fourth-order valence-electron chi connectivity index (χ4n) is 1.17. The van der Waals surface area contributed by atoms with Crippen molar-refractivity contribution in [2.24, 2.45) is 0 Å². The predicted molar refractivity (Wildman–Crippen MR) is 46.5 cm³/mol. The second-order valence-corrected chi connectivity index (χ2v) is 3.26. The van der Waals surface area contributed by atoms with E-state index in [0.29, 0.717) is 0 Å². The number of amides is 2. The number of hydrogen-bond acceptors (Lipinski definition) is 3. The molecule has 0 radical (unpaired) electrons. The van der Waals surface area contributed by atoms with Gasteiger partial charge in [-0.15, -0.1) is 0 Å². The molecule has 0 aromatic rings. The van der Waals surface area contributed by atoms with E-state index in [2.05, 4.69) is 10.1 Å². The van der Waals surface area contributed by atoms with Crippen molar-refractivity contribution in [1.29, 1.82) is 0 Å². The highest BCUT2D eigenvalue weighted by Gasteiger charge is 2.28. The van der Waals surface area contributed by atoms with Gasteiger partial charge in [0, 0.05) is 6.54 Å². The fraction of sp³-hybridized carbons (Fsp3) is 0.750. The minimum absolute atomic E-state index is 0.0116. The van der Waals surface area contributed by atoms with Crippen molar-refractivity contribution in [2.75, 3.05) is 32.8 Å². The number of ether oxygens (including phenoxy) is 1. The van der Waals surface area contributed by atoms with Gasteiger partial charge in [-0.3, -0.25) is 9.59 Å². The number of carbonyl (C=O) groups excluding carboxylic acids is 2. The van der Waals surface area contributed by atoms with Crippen LogP contribution in [0.3, 0.4) is 0 Å². The lowest BCUT2D eigenvalue weighted by Gasteiger charge is -2.26. The number of nitrogens with one attached hydrogen (secondary N) is 1. The van der Waals surface area contributed by atoms with Gasteiger partial charge in [0.05, 0.1) is 19.7 Å². The van der Waals surface area contributed by atoms with Crippen LogP contribution in [0.1, 0.15) is 0 Å². The first-order chi connectivity index (χ1) is 7.38. The van der Waals surface area contributed by atoms with E-state index in [0.717, 1.165) is 4.90 Å². The van der Waals surface area contributed by atoms with Gasteiger partial charge in [-0.25, -0.2) is 0 Å². The Morgan fingerprint density at radius 3 is 2.69 bits per heavy atom. The van der Waals surface area contributed by atoms with Crippen LogP contribution in [0.25, 0.3) is 0 Å². The number of halogens is 3. The molecule has 0 atom stereocenters. The summed E-state index contributed by atoms with van der Waals surface area (Å²) in [5.41, 5.74) is 0. The lowest BCUT2D eigenvalue weighted by molar-refractivity contribution is -0.175. The standard InChI is InChI=1S/C8H11F3N2O3/c9-8(10,11)5-16-2-1-13-4-6(14)12-3-7(13)15/h1-5H2,(H,12,14). The van der Waals surface area contributed by atoms with Crippen LogP contribution in [0.15, 0.2) is 0 Å². The van der Waals surface area contributed by atoms with Gasteiger partial charge < -0.3 is 15.0 Å². The lowest BCUT2D eigenvalue weighted by Crippen LogP contribution is -2.52. The van der Waals surface area contributed by atoms with Crippen molar-refractivity contribution in [3.8, 4) is 0 Å². The normalized spacial score (nSPS) is 17.6. The number of piperazine rings is 1. The van der Waals surface area contributed by atoms with Gasteiger partial charge in [-0.1, -0.05) is 0 Å². The average molecular weight is 240 g/mol. The first-order valence-corrected chi connectivity index (χ1v) is 4.57. The average Bonchev–Trinajstić information content (AvgIpc) is 2.16. The van der Waals surface area contributed by atoms with Crippen LogP contribution in [0, 0.1) is 0 Å². The Bertz CT molecular complexity index is 280. The van der Waals surface area contributed by atoms with Gasteiger partial charge in [0.25, 0.3) is 0 Å². The summed E-state index contributed by atoms with van der Waals surface area (Å²) in [6.45, 7) is -1.84. The smallest absolute Gasteiger partial charge is 0.370 e. The number of nitrogens with zero attached hydrogens (tertiary/aromatic N) is 1. The molecule has 1 rings (SSSR count). The van der Waals surface area contributed by atoms with Gasteiger partial charge in [-0.2, -0.15) is 13.2 Å². The Morgan fingerprint density at radius 2 is 2.06 bits per heavy atom. The molecule has 5 nitrogen and oxygen atoms in total. The molecule has 1 aliphatic heterocycles. The molecule has 1 N–H and O–H groups in total. The number of rotatable bonds is 4. The molecule has 0 aromatic carbocycles. The zero-order valence-electron chi connectivity index (χ0n) is 8.34. The van der Waals surface area contributed by atoms with Crippen molar-refractivity contribution in [1.82, 2.24) is 10.2 Å². The summed E-state index contributed by atoms with van der Waals surface area (Å²) in [4.78, 5) is 23.2. The summed E-state index contributed by atoms with van der Waals surface area (Å²) in [6, 6.07) is 0. The molecule has 0 aliphatic carbocycles. The summed E-state index contributed by atoms with van der Waals surface area (Å²) in [5, 5.41) is 2.33. The van der Waals surface area contributed by atoms with Crippen molar-refractivity contribution in [2.45, 2.75) is 6.18 Å². The molecule has 0 saturated carbocycles. The molecule has 0 bridgehead atoms. The molecule has 0 unspecified atom stereocenters. The summed E-state index contributed by atoms with van der Waals surface area (Å²) in [7, 11) is 0. The number of alkyl halides is 3. The molecule has 8 heteroatoms. The van der Waals surface area contributed by atoms with E-state index in [1.54, 1.807) is 0 Å². The molecular weight excluding hydrogens is 229 g/mol. The number of hydrogen-bond donors (Lipinski definition) is 1. The van der Waals surface area contributed by atoms with Crippen molar-refractivity contribution < 1.29 is 27.5 Å².